The summed E-state index contributed by atoms with van der Waals surface area (Å²) >= 11 is 3.43. The molecule has 2 N–H and O–H groups in total. The summed E-state index contributed by atoms with van der Waals surface area (Å²) in [5, 5.41) is 1.01. The molecule has 0 atom stereocenters. The van der Waals surface area contributed by atoms with Crippen LogP contribution in [-0.2, 0) is 6.42 Å². The van der Waals surface area contributed by atoms with Gasteiger partial charge in [-0.25, -0.2) is 9.97 Å². The second kappa shape index (κ2) is 4.90. The highest BCUT2D eigenvalue weighted by Crippen LogP contribution is 2.34. The third kappa shape index (κ3) is 1.98. The van der Waals surface area contributed by atoms with Gasteiger partial charge in [-0.3, -0.25) is 0 Å². The van der Waals surface area contributed by atoms with E-state index in [4.69, 9.17) is 10.2 Å². The highest BCUT2D eigenvalue weighted by atomic mass is 79.9. The smallest absolute Gasteiger partial charge is 0.166 e. The van der Waals surface area contributed by atoms with Crippen LogP contribution in [0.25, 0.3) is 22.4 Å². The molecule has 4 nitrogen and oxygen atoms in total. The van der Waals surface area contributed by atoms with Crippen molar-refractivity contribution in [1.29, 1.82) is 0 Å². The molecule has 3 aromatic rings. The highest BCUT2D eigenvalue weighted by molar-refractivity contribution is 9.10. The molecule has 102 valence electrons. The SMILES string of the molecule is CCc1nc(-c2c(C)oc3ccccc23)nc(N)c1Br. The standard InChI is InChI=1S/C15H14BrN3O/c1-3-10-13(16)14(17)19-15(18-10)12-8(2)20-11-7-5-4-6-9(11)12/h4-7H,3H2,1-2H3,(H2,17,18,19). The number of nitrogens with zero attached hydrogens (tertiary/aromatic N) is 2. The summed E-state index contributed by atoms with van der Waals surface area (Å²) in [5.74, 6) is 1.87. The van der Waals surface area contributed by atoms with Gasteiger partial charge in [-0.05, 0) is 35.3 Å². The number of aryl methyl sites for hydroxylation is 2. The second-order valence-corrected chi connectivity index (χ2v) is 5.37. The van der Waals surface area contributed by atoms with E-state index in [0.717, 1.165) is 38.9 Å². The third-order valence-electron chi connectivity index (χ3n) is 3.28. The Balaban J connectivity index is 2.31. The van der Waals surface area contributed by atoms with Gasteiger partial charge in [0.1, 0.15) is 17.2 Å². The number of furan rings is 1. The second-order valence-electron chi connectivity index (χ2n) is 4.58. The third-order valence-corrected chi connectivity index (χ3v) is 4.14. The van der Waals surface area contributed by atoms with Crippen molar-refractivity contribution in [3.05, 3.63) is 40.2 Å². The van der Waals surface area contributed by atoms with Crippen LogP contribution in [0.15, 0.2) is 33.2 Å². The predicted octanol–water partition coefficient (Wildman–Crippen LogP) is 4.11. The molecule has 0 saturated carbocycles. The van der Waals surface area contributed by atoms with Crippen LogP contribution >= 0.6 is 15.9 Å². The molecule has 0 fully saturated rings. The largest absolute Gasteiger partial charge is 0.461 e. The van der Waals surface area contributed by atoms with Gasteiger partial charge in [0, 0.05) is 5.39 Å². The van der Waals surface area contributed by atoms with E-state index in [1.165, 1.54) is 0 Å². The van der Waals surface area contributed by atoms with Gasteiger partial charge < -0.3 is 10.2 Å². The minimum Gasteiger partial charge on any atom is -0.461 e. The summed E-state index contributed by atoms with van der Waals surface area (Å²) in [6.45, 7) is 3.96. The predicted molar refractivity (Wildman–Crippen MR) is 83.5 cm³/mol. The highest BCUT2D eigenvalue weighted by Gasteiger charge is 2.17. The molecule has 0 radical (unpaired) electrons. The summed E-state index contributed by atoms with van der Waals surface area (Å²) in [7, 11) is 0. The average Bonchev–Trinajstić information content (AvgIpc) is 2.77. The maximum absolute atomic E-state index is 5.97. The van der Waals surface area contributed by atoms with Gasteiger partial charge in [0.15, 0.2) is 5.82 Å². The van der Waals surface area contributed by atoms with Gasteiger partial charge >= 0.3 is 0 Å². The molecule has 0 aliphatic rings. The maximum atomic E-state index is 5.97. The molecule has 3 rings (SSSR count). The molecule has 2 heterocycles. The van der Waals surface area contributed by atoms with Crippen molar-refractivity contribution < 1.29 is 4.42 Å². The topological polar surface area (TPSA) is 64.9 Å². The first-order chi connectivity index (χ1) is 9.61. The number of nitrogen functional groups attached to an aromatic ring is 1. The lowest BCUT2D eigenvalue weighted by molar-refractivity contribution is 0.579. The Morgan fingerprint density at radius 1 is 1.25 bits per heavy atom. The number of benzene rings is 1. The molecule has 0 amide bonds. The fourth-order valence-electron chi connectivity index (χ4n) is 2.30. The summed E-state index contributed by atoms with van der Waals surface area (Å²) in [5.41, 5.74) is 8.62. The summed E-state index contributed by atoms with van der Waals surface area (Å²) in [4.78, 5) is 9.00. The molecule has 0 bridgehead atoms. The molecule has 0 spiro atoms. The monoisotopic (exact) mass is 331 g/mol. The van der Waals surface area contributed by atoms with Gasteiger partial charge in [0.05, 0.1) is 15.7 Å². The normalized spacial score (nSPS) is 11.2. The molecule has 20 heavy (non-hydrogen) atoms. The van der Waals surface area contributed by atoms with Crippen LogP contribution in [0.1, 0.15) is 18.4 Å². The van der Waals surface area contributed by atoms with Crippen LogP contribution in [0.2, 0.25) is 0 Å². The van der Waals surface area contributed by atoms with Gasteiger partial charge in [-0.15, -0.1) is 0 Å². The maximum Gasteiger partial charge on any atom is 0.166 e. The van der Waals surface area contributed by atoms with E-state index in [1.54, 1.807) is 0 Å². The number of nitrogens with two attached hydrogens (primary N) is 1. The fourth-order valence-corrected chi connectivity index (χ4v) is 2.76. The Labute approximate surface area is 125 Å². The Morgan fingerprint density at radius 2 is 2.00 bits per heavy atom. The van der Waals surface area contributed by atoms with Crippen LogP contribution in [0.5, 0.6) is 0 Å². The lowest BCUT2D eigenvalue weighted by Crippen LogP contribution is -2.02. The quantitative estimate of drug-likeness (QED) is 0.767. The van der Waals surface area contributed by atoms with Crippen LogP contribution in [0, 0.1) is 6.92 Å². The number of halogens is 1. The molecular weight excluding hydrogens is 318 g/mol. The van der Waals surface area contributed by atoms with Crippen molar-refractivity contribution in [3.8, 4) is 11.4 Å². The molecule has 2 aromatic heterocycles. The van der Waals surface area contributed by atoms with E-state index < -0.39 is 0 Å². The van der Waals surface area contributed by atoms with E-state index in [-0.39, 0.29) is 0 Å². The summed E-state index contributed by atoms with van der Waals surface area (Å²) in [6, 6.07) is 7.87. The van der Waals surface area contributed by atoms with Gasteiger partial charge in [-0.1, -0.05) is 25.1 Å². The van der Waals surface area contributed by atoms with E-state index in [9.17, 15) is 0 Å². The van der Waals surface area contributed by atoms with Crippen molar-refractivity contribution in [1.82, 2.24) is 9.97 Å². The molecule has 1 aromatic carbocycles. The number of aromatic nitrogens is 2. The Hall–Kier alpha value is -1.88. The van der Waals surface area contributed by atoms with Crippen molar-refractivity contribution >= 4 is 32.7 Å². The fraction of sp³-hybridized carbons (Fsp3) is 0.200. The van der Waals surface area contributed by atoms with Gasteiger partial charge in [-0.2, -0.15) is 0 Å². The molecule has 0 saturated heterocycles. The number of hydrogen-bond acceptors (Lipinski definition) is 4. The minimum atomic E-state index is 0.455. The zero-order valence-electron chi connectivity index (χ0n) is 11.3. The number of fused-ring (bicyclic) bond motifs is 1. The molecule has 0 aliphatic carbocycles. The lowest BCUT2D eigenvalue weighted by Gasteiger charge is -2.07. The number of anilines is 1. The van der Waals surface area contributed by atoms with Crippen molar-refractivity contribution in [2.45, 2.75) is 20.3 Å². The Bertz CT molecular complexity index is 795. The first kappa shape index (κ1) is 13.1. The Kier molecular flexibility index (Phi) is 3.22. The first-order valence-electron chi connectivity index (χ1n) is 6.42. The van der Waals surface area contributed by atoms with E-state index >= 15 is 0 Å². The van der Waals surface area contributed by atoms with Crippen LogP contribution < -0.4 is 5.73 Å². The summed E-state index contributed by atoms with van der Waals surface area (Å²) < 4.78 is 6.54. The molecule has 5 heteroatoms. The number of rotatable bonds is 2. The zero-order valence-corrected chi connectivity index (χ0v) is 12.9. The Morgan fingerprint density at radius 3 is 2.75 bits per heavy atom. The first-order valence-corrected chi connectivity index (χ1v) is 7.21. The van der Waals surface area contributed by atoms with Crippen molar-refractivity contribution in [2.24, 2.45) is 0 Å². The van der Waals surface area contributed by atoms with E-state index in [2.05, 4.69) is 25.9 Å². The summed E-state index contributed by atoms with van der Waals surface area (Å²) in [6.07, 6.45) is 0.787. The molecular formula is C15H14BrN3O. The number of para-hydroxylation sites is 1. The van der Waals surface area contributed by atoms with Crippen molar-refractivity contribution in [3.63, 3.8) is 0 Å². The van der Waals surface area contributed by atoms with E-state index in [1.807, 2.05) is 38.1 Å². The minimum absolute atomic E-state index is 0.455. The van der Waals surface area contributed by atoms with Crippen LogP contribution in [0.4, 0.5) is 5.82 Å². The van der Waals surface area contributed by atoms with Gasteiger partial charge in [0.2, 0.25) is 0 Å². The van der Waals surface area contributed by atoms with Gasteiger partial charge in [0.25, 0.3) is 0 Å². The molecule has 0 aliphatic heterocycles. The van der Waals surface area contributed by atoms with E-state index in [0.29, 0.717) is 11.6 Å². The zero-order chi connectivity index (χ0) is 14.3. The van der Waals surface area contributed by atoms with Crippen molar-refractivity contribution in [2.75, 3.05) is 5.73 Å². The average molecular weight is 332 g/mol. The number of hydrogen-bond donors (Lipinski definition) is 1. The molecule has 0 unspecified atom stereocenters. The lowest BCUT2D eigenvalue weighted by atomic mass is 10.1. The van der Waals surface area contributed by atoms with Crippen LogP contribution in [0.3, 0.4) is 0 Å². The van der Waals surface area contributed by atoms with Crippen LogP contribution in [-0.4, -0.2) is 9.97 Å².